The van der Waals surface area contributed by atoms with Gasteiger partial charge in [0.05, 0.1) is 5.56 Å². The molecule has 3 aromatic rings. The average Bonchev–Trinajstić information content (AvgIpc) is 2.96. The van der Waals surface area contributed by atoms with E-state index in [0.717, 1.165) is 11.1 Å². The van der Waals surface area contributed by atoms with Crippen LogP contribution in [0.2, 0.25) is 0 Å². The molecule has 0 aliphatic carbocycles. The Kier molecular flexibility index (Phi) is 11.7. The summed E-state index contributed by atoms with van der Waals surface area (Å²) in [5.74, 6) is -0.856. The summed E-state index contributed by atoms with van der Waals surface area (Å²) in [6, 6.07) is 23.8. The summed E-state index contributed by atoms with van der Waals surface area (Å²) in [7, 11) is 0. The number of carbonyl (C=O) groups is 3. The largest absolute Gasteiger partial charge is 0.489 e. The lowest BCUT2D eigenvalue weighted by molar-refractivity contribution is -0.151. The molecular weight excluding hydrogens is 530 g/mol. The normalized spacial score (nSPS) is 12.0. The number of nitrogens with zero attached hydrogens (tertiary/aromatic N) is 1. The highest BCUT2D eigenvalue weighted by Crippen LogP contribution is 2.28. The van der Waals surface area contributed by atoms with E-state index in [-0.39, 0.29) is 24.0 Å². The zero-order valence-electron chi connectivity index (χ0n) is 25.5. The zero-order chi connectivity index (χ0) is 30.7. The molecule has 0 radical (unpaired) electrons. The molecule has 2 N–H and O–H groups in total. The van der Waals surface area contributed by atoms with E-state index < -0.39 is 18.0 Å². The lowest BCUT2D eigenvalue weighted by Gasteiger charge is -2.27. The van der Waals surface area contributed by atoms with Gasteiger partial charge in [0.25, 0.3) is 0 Å². The fourth-order valence-electron chi connectivity index (χ4n) is 4.45. The number of hydrogen-bond acceptors (Lipinski definition) is 6. The zero-order valence-corrected chi connectivity index (χ0v) is 25.5. The molecule has 2 amide bonds. The van der Waals surface area contributed by atoms with Gasteiger partial charge in [-0.25, -0.2) is 4.79 Å². The first kappa shape index (κ1) is 32.3. The van der Waals surface area contributed by atoms with E-state index >= 15 is 0 Å². The van der Waals surface area contributed by atoms with E-state index in [0.29, 0.717) is 36.6 Å². The van der Waals surface area contributed by atoms with Gasteiger partial charge >= 0.3 is 12.0 Å². The third kappa shape index (κ3) is 9.45. The first-order valence-electron chi connectivity index (χ1n) is 14.4. The first-order valence-corrected chi connectivity index (χ1v) is 14.4. The van der Waals surface area contributed by atoms with Crippen LogP contribution in [0.25, 0.3) is 0 Å². The highest BCUT2D eigenvalue weighted by atomic mass is 16.6. The van der Waals surface area contributed by atoms with Crippen molar-refractivity contribution in [2.75, 3.05) is 31.6 Å². The molecule has 3 aromatic carbocycles. The molecule has 42 heavy (non-hydrogen) atoms. The number of Topliss-reactive ketones (excluding diaryl/α,β-unsaturated/α-hetero) is 1. The Morgan fingerprint density at radius 2 is 1.43 bits per heavy atom. The van der Waals surface area contributed by atoms with Crippen molar-refractivity contribution < 1.29 is 23.9 Å². The van der Waals surface area contributed by atoms with E-state index in [1.165, 1.54) is 6.92 Å². The fourth-order valence-corrected chi connectivity index (χ4v) is 4.45. The van der Waals surface area contributed by atoms with E-state index in [2.05, 4.69) is 10.6 Å². The quantitative estimate of drug-likeness (QED) is 0.185. The molecule has 0 aliphatic heterocycles. The minimum atomic E-state index is -0.645. The third-order valence-electron chi connectivity index (χ3n) is 6.73. The molecular formula is C34H43N3O5. The number of ketones is 1. The number of carbonyl (C=O) groups excluding carboxylic acids is 3. The third-order valence-corrected chi connectivity index (χ3v) is 6.73. The van der Waals surface area contributed by atoms with Crippen LogP contribution in [0.3, 0.4) is 0 Å². The number of nitrogens with one attached hydrogen (secondary N) is 2. The standard InChI is InChI=1S/C34H43N3O5/c1-7-37(8-2)33(40)36-27-19-20-30(29(21-27)24(3)38)41-23-28(22-35-34(4,5)6)42-32(39)31(25-15-11-9-12-16-25)26-17-13-10-14-18-26/h9-21,28,31,35H,7-8,22-23H2,1-6H3,(H,36,40). The Bertz CT molecular complexity index is 1280. The summed E-state index contributed by atoms with van der Waals surface area (Å²) in [5.41, 5.74) is 2.26. The summed E-state index contributed by atoms with van der Waals surface area (Å²) in [6.45, 7) is 12.9. The molecule has 8 nitrogen and oxygen atoms in total. The summed E-state index contributed by atoms with van der Waals surface area (Å²) in [4.78, 5) is 40.4. The SMILES string of the molecule is CCN(CC)C(=O)Nc1ccc(OCC(CNC(C)(C)C)OC(=O)C(c2ccccc2)c2ccccc2)c(C(C)=O)c1. The van der Waals surface area contributed by atoms with Crippen LogP contribution in [0.15, 0.2) is 78.9 Å². The molecule has 0 heterocycles. The Morgan fingerprint density at radius 1 is 0.857 bits per heavy atom. The minimum Gasteiger partial charge on any atom is -0.489 e. The van der Waals surface area contributed by atoms with Crippen LogP contribution in [0.1, 0.15) is 68.9 Å². The van der Waals surface area contributed by atoms with Crippen LogP contribution in [-0.4, -0.2) is 60.6 Å². The predicted octanol–water partition coefficient (Wildman–Crippen LogP) is 6.27. The Hall–Kier alpha value is -4.17. The molecule has 0 aromatic heterocycles. The smallest absolute Gasteiger partial charge is 0.321 e. The number of benzene rings is 3. The lowest BCUT2D eigenvalue weighted by Crippen LogP contribution is -2.44. The van der Waals surface area contributed by atoms with Crippen LogP contribution < -0.4 is 15.4 Å². The highest BCUT2D eigenvalue weighted by molar-refractivity contribution is 5.99. The van der Waals surface area contributed by atoms with Gasteiger partial charge in [-0.2, -0.15) is 0 Å². The monoisotopic (exact) mass is 573 g/mol. The van der Waals surface area contributed by atoms with Crippen LogP contribution in [0.5, 0.6) is 5.75 Å². The Labute approximate surface area is 249 Å². The maximum atomic E-state index is 13.7. The van der Waals surface area contributed by atoms with Crippen molar-refractivity contribution in [1.82, 2.24) is 10.2 Å². The van der Waals surface area contributed by atoms with Gasteiger partial charge in [-0.3, -0.25) is 9.59 Å². The highest BCUT2D eigenvalue weighted by Gasteiger charge is 2.28. The number of ether oxygens (including phenoxy) is 2. The number of rotatable bonds is 13. The van der Waals surface area contributed by atoms with Crippen molar-refractivity contribution >= 4 is 23.5 Å². The topological polar surface area (TPSA) is 97.0 Å². The van der Waals surface area contributed by atoms with Gasteiger partial charge in [0, 0.05) is 30.9 Å². The van der Waals surface area contributed by atoms with Crippen molar-refractivity contribution in [3.8, 4) is 5.75 Å². The average molecular weight is 574 g/mol. The van der Waals surface area contributed by atoms with Crippen molar-refractivity contribution in [2.24, 2.45) is 0 Å². The molecule has 0 saturated carbocycles. The molecule has 224 valence electrons. The summed E-state index contributed by atoms with van der Waals surface area (Å²) >= 11 is 0. The number of esters is 1. The van der Waals surface area contributed by atoms with Crippen LogP contribution in [-0.2, 0) is 9.53 Å². The second-order valence-electron chi connectivity index (χ2n) is 11.1. The van der Waals surface area contributed by atoms with Gasteiger partial charge in [-0.15, -0.1) is 0 Å². The number of amides is 2. The predicted molar refractivity (Wildman–Crippen MR) is 166 cm³/mol. The van der Waals surface area contributed by atoms with Gasteiger partial charge < -0.3 is 25.0 Å². The molecule has 0 bridgehead atoms. The molecule has 1 atom stereocenters. The number of anilines is 1. The molecule has 8 heteroatoms. The van der Waals surface area contributed by atoms with E-state index in [1.54, 1.807) is 23.1 Å². The fraction of sp³-hybridized carbons (Fsp3) is 0.382. The van der Waals surface area contributed by atoms with Gasteiger partial charge in [-0.1, -0.05) is 60.7 Å². The van der Waals surface area contributed by atoms with Crippen LogP contribution in [0.4, 0.5) is 10.5 Å². The van der Waals surface area contributed by atoms with Crippen molar-refractivity contribution in [3.05, 3.63) is 95.6 Å². The lowest BCUT2D eigenvalue weighted by atomic mass is 9.91. The van der Waals surface area contributed by atoms with Gasteiger partial charge in [-0.05, 0) is 70.9 Å². The van der Waals surface area contributed by atoms with Gasteiger partial charge in [0.15, 0.2) is 5.78 Å². The molecule has 1 unspecified atom stereocenters. The second-order valence-corrected chi connectivity index (χ2v) is 11.1. The van der Waals surface area contributed by atoms with E-state index in [4.69, 9.17) is 9.47 Å². The Morgan fingerprint density at radius 3 is 1.93 bits per heavy atom. The van der Waals surface area contributed by atoms with E-state index in [9.17, 15) is 14.4 Å². The minimum absolute atomic E-state index is 0.0244. The first-order chi connectivity index (χ1) is 20.0. The molecule has 0 saturated heterocycles. The molecule has 3 rings (SSSR count). The number of urea groups is 1. The number of hydrogen-bond donors (Lipinski definition) is 2. The van der Waals surface area contributed by atoms with E-state index in [1.807, 2.05) is 95.3 Å². The molecule has 0 aliphatic rings. The summed E-state index contributed by atoms with van der Waals surface area (Å²) in [5, 5.41) is 6.23. The van der Waals surface area contributed by atoms with Gasteiger partial charge in [0.2, 0.25) is 0 Å². The molecule has 0 fully saturated rings. The van der Waals surface area contributed by atoms with Crippen molar-refractivity contribution in [3.63, 3.8) is 0 Å². The van der Waals surface area contributed by atoms with Crippen LogP contribution in [0, 0.1) is 0 Å². The second kappa shape index (κ2) is 15.2. The van der Waals surface area contributed by atoms with Crippen LogP contribution >= 0.6 is 0 Å². The molecule has 0 spiro atoms. The summed E-state index contributed by atoms with van der Waals surface area (Å²) in [6.07, 6.45) is -0.645. The van der Waals surface area contributed by atoms with Gasteiger partial charge in [0.1, 0.15) is 24.4 Å². The van der Waals surface area contributed by atoms with Crippen molar-refractivity contribution in [1.29, 1.82) is 0 Å². The summed E-state index contributed by atoms with van der Waals surface area (Å²) < 4.78 is 12.2. The van der Waals surface area contributed by atoms with Crippen molar-refractivity contribution in [2.45, 2.75) is 59.1 Å². The maximum absolute atomic E-state index is 13.7. The maximum Gasteiger partial charge on any atom is 0.321 e. The Balaban J connectivity index is 1.82.